The fourth-order valence-electron chi connectivity index (χ4n) is 2.05. The van der Waals surface area contributed by atoms with Gasteiger partial charge < -0.3 is 5.73 Å². The Kier molecular flexibility index (Phi) is 6.76. The molecule has 102 valence electrons. The van der Waals surface area contributed by atoms with Gasteiger partial charge in [0.1, 0.15) is 5.50 Å². The van der Waals surface area contributed by atoms with Crippen molar-refractivity contribution < 1.29 is 0 Å². The predicted octanol–water partition coefficient (Wildman–Crippen LogP) is 3.43. The summed E-state index contributed by atoms with van der Waals surface area (Å²) >= 11 is 1.79. The number of nitrogens with two attached hydrogens (primary N) is 1. The summed E-state index contributed by atoms with van der Waals surface area (Å²) in [6.07, 6.45) is 15.5. The van der Waals surface area contributed by atoms with Gasteiger partial charge in [-0.25, -0.2) is 0 Å². The van der Waals surface area contributed by atoms with Gasteiger partial charge in [-0.15, -0.1) is 11.8 Å². The maximum Gasteiger partial charge on any atom is 0.104 e. The number of hydrogen-bond donors (Lipinski definition) is 2. The quantitative estimate of drug-likeness (QED) is 0.752. The molecule has 2 aliphatic rings. The molecule has 0 aromatic heterocycles. The van der Waals surface area contributed by atoms with Crippen LogP contribution in [0.15, 0.2) is 36.5 Å². The van der Waals surface area contributed by atoms with Crippen molar-refractivity contribution in [1.82, 2.24) is 5.32 Å². The van der Waals surface area contributed by atoms with Gasteiger partial charge in [0.05, 0.1) is 0 Å². The van der Waals surface area contributed by atoms with E-state index in [1.807, 2.05) is 13.8 Å². The first-order chi connectivity index (χ1) is 8.68. The lowest BCUT2D eigenvalue weighted by atomic mass is 9.93. The molecule has 1 aliphatic carbocycles. The molecule has 1 fully saturated rings. The summed E-state index contributed by atoms with van der Waals surface area (Å²) in [6, 6.07) is 0. The van der Waals surface area contributed by atoms with Gasteiger partial charge in [-0.05, 0) is 31.4 Å². The van der Waals surface area contributed by atoms with E-state index < -0.39 is 0 Å². The fraction of sp³-hybridized carbons (Fsp3) is 0.600. The third kappa shape index (κ3) is 5.01. The molecule has 2 nitrogen and oxygen atoms in total. The molecular weight excluding hydrogens is 240 g/mol. The lowest BCUT2D eigenvalue weighted by Gasteiger charge is -2.36. The molecule has 3 atom stereocenters. The number of thioether (sulfide) groups is 1. The smallest absolute Gasteiger partial charge is 0.104 e. The Labute approximate surface area is 116 Å². The molecule has 0 bridgehead atoms. The van der Waals surface area contributed by atoms with Gasteiger partial charge in [-0.3, -0.25) is 5.32 Å². The number of rotatable bonds is 2. The zero-order chi connectivity index (χ0) is 13.4. The lowest BCUT2D eigenvalue weighted by molar-refractivity contribution is 0.403. The minimum Gasteiger partial charge on any atom is -0.307 e. The first kappa shape index (κ1) is 15.5. The van der Waals surface area contributed by atoms with E-state index in [0.717, 1.165) is 18.6 Å². The van der Waals surface area contributed by atoms with Crippen LogP contribution in [0, 0.1) is 5.92 Å². The van der Waals surface area contributed by atoms with Crippen LogP contribution in [0.3, 0.4) is 0 Å². The maximum absolute atomic E-state index is 5.91. The van der Waals surface area contributed by atoms with Crippen molar-refractivity contribution in [1.29, 1.82) is 0 Å². The highest BCUT2D eigenvalue weighted by molar-refractivity contribution is 7.99. The average molecular weight is 266 g/mol. The van der Waals surface area contributed by atoms with Crippen LogP contribution in [0.4, 0.5) is 0 Å². The molecule has 1 saturated heterocycles. The van der Waals surface area contributed by atoms with Gasteiger partial charge >= 0.3 is 0 Å². The molecule has 0 saturated carbocycles. The summed E-state index contributed by atoms with van der Waals surface area (Å²) in [5, 5.41) is 3.44. The summed E-state index contributed by atoms with van der Waals surface area (Å²) < 4.78 is 0. The van der Waals surface area contributed by atoms with E-state index in [1.165, 1.54) is 0 Å². The van der Waals surface area contributed by atoms with E-state index in [4.69, 9.17) is 5.73 Å². The Bertz CT molecular complexity index is 322. The molecule has 0 radical (unpaired) electrons. The first-order valence-electron chi connectivity index (χ1n) is 6.86. The van der Waals surface area contributed by atoms with Crippen LogP contribution in [0.2, 0.25) is 0 Å². The van der Waals surface area contributed by atoms with Gasteiger partial charge in [-0.1, -0.05) is 50.3 Å². The minimum atomic E-state index is 0.0691. The Morgan fingerprint density at radius 2 is 2.17 bits per heavy atom. The van der Waals surface area contributed by atoms with E-state index in [0.29, 0.717) is 5.92 Å². The molecule has 1 heterocycles. The van der Waals surface area contributed by atoms with Gasteiger partial charge in [0.25, 0.3) is 0 Å². The third-order valence-electron chi connectivity index (χ3n) is 3.12. The van der Waals surface area contributed by atoms with E-state index in [1.54, 1.807) is 11.8 Å². The average Bonchev–Trinajstić information content (AvgIpc) is 2.40. The SMILES string of the molecule is CC.CC1(/C=C/C2C=CC=CC2)CCSC(N)N1. The number of nitrogens with one attached hydrogen (secondary N) is 1. The van der Waals surface area contributed by atoms with Gasteiger partial charge in [0.15, 0.2) is 0 Å². The van der Waals surface area contributed by atoms with Crippen LogP contribution in [0.1, 0.15) is 33.6 Å². The molecule has 18 heavy (non-hydrogen) atoms. The van der Waals surface area contributed by atoms with E-state index in [2.05, 4.69) is 48.7 Å². The Morgan fingerprint density at radius 1 is 1.39 bits per heavy atom. The minimum absolute atomic E-state index is 0.0691. The summed E-state index contributed by atoms with van der Waals surface area (Å²) in [5.41, 5.74) is 6.06. The van der Waals surface area contributed by atoms with E-state index in [-0.39, 0.29) is 11.0 Å². The normalized spacial score (nSPS) is 35.3. The van der Waals surface area contributed by atoms with Crippen LogP contribution >= 0.6 is 11.8 Å². The van der Waals surface area contributed by atoms with Crippen molar-refractivity contribution >= 4 is 11.8 Å². The summed E-state index contributed by atoms with van der Waals surface area (Å²) in [6.45, 7) is 6.23. The molecule has 2 rings (SSSR count). The molecule has 3 N–H and O–H groups in total. The lowest BCUT2D eigenvalue weighted by Crippen LogP contribution is -2.53. The van der Waals surface area contributed by atoms with Crippen molar-refractivity contribution in [2.45, 2.75) is 44.6 Å². The van der Waals surface area contributed by atoms with Crippen LogP contribution in [-0.2, 0) is 0 Å². The standard InChI is InChI=1S/C13H20N2S.C2H6/c1-13(9-10-16-12(14)15-13)8-7-11-5-3-2-4-6-11;1-2/h2-5,7-8,11-12,15H,6,9-10,14H2,1H3;1-2H3/b8-7+;. The van der Waals surface area contributed by atoms with Crippen molar-refractivity contribution in [3.05, 3.63) is 36.5 Å². The third-order valence-corrected chi connectivity index (χ3v) is 4.03. The Hall–Kier alpha value is -0.510. The van der Waals surface area contributed by atoms with Crippen molar-refractivity contribution in [2.24, 2.45) is 11.7 Å². The largest absolute Gasteiger partial charge is 0.307 e. The Balaban J connectivity index is 0.000000771. The second-order valence-electron chi connectivity index (χ2n) is 4.67. The van der Waals surface area contributed by atoms with Gasteiger partial charge in [0.2, 0.25) is 0 Å². The summed E-state index contributed by atoms with van der Waals surface area (Å²) in [5.74, 6) is 1.68. The van der Waals surface area contributed by atoms with Crippen molar-refractivity contribution in [2.75, 3.05) is 5.75 Å². The van der Waals surface area contributed by atoms with Crippen molar-refractivity contribution in [3.8, 4) is 0 Å². The summed E-state index contributed by atoms with van der Waals surface area (Å²) in [7, 11) is 0. The van der Waals surface area contributed by atoms with Crippen molar-refractivity contribution in [3.63, 3.8) is 0 Å². The van der Waals surface area contributed by atoms with Crippen LogP contribution < -0.4 is 11.1 Å². The van der Waals surface area contributed by atoms with Gasteiger partial charge in [0, 0.05) is 5.54 Å². The summed E-state index contributed by atoms with van der Waals surface area (Å²) in [4.78, 5) is 0. The van der Waals surface area contributed by atoms with E-state index >= 15 is 0 Å². The Morgan fingerprint density at radius 3 is 2.78 bits per heavy atom. The highest BCUT2D eigenvalue weighted by Crippen LogP contribution is 2.25. The molecule has 0 amide bonds. The molecule has 0 aromatic carbocycles. The molecule has 1 aliphatic heterocycles. The number of hydrogen-bond acceptors (Lipinski definition) is 3. The van der Waals surface area contributed by atoms with E-state index in [9.17, 15) is 0 Å². The zero-order valence-corrected chi connectivity index (χ0v) is 12.5. The first-order valence-corrected chi connectivity index (χ1v) is 7.90. The number of allylic oxidation sites excluding steroid dienone is 5. The van der Waals surface area contributed by atoms with Gasteiger partial charge in [-0.2, -0.15) is 0 Å². The molecule has 3 heteroatoms. The molecule has 3 unspecified atom stereocenters. The van der Waals surface area contributed by atoms with Crippen LogP contribution in [-0.4, -0.2) is 16.8 Å². The second kappa shape index (κ2) is 7.82. The highest BCUT2D eigenvalue weighted by atomic mass is 32.2. The predicted molar refractivity (Wildman–Crippen MR) is 83.5 cm³/mol. The zero-order valence-electron chi connectivity index (χ0n) is 11.7. The van der Waals surface area contributed by atoms with Crippen LogP contribution in [0.25, 0.3) is 0 Å². The second-order valence-corrected chi connectivity index (χ2v) is 5.92. The molecule has 0 aromatic rings. The topological polar surface area (TPSA) is 38.0 Å². The highest BCUT2D eigenvalue weighted by Gasteiger charge is 2.27. The monoisotopic (exact) mass is 266 g/mol. The maximum atomic E-state index is 5.91. The molecule has 0 spiro atoms. The van der Waals surface area contributed by atoms with Crippen LogP contribution in [0.5, 0.6) is 0 Å². The fourth-order valence-corrected chi connectivity index (χ4v) is 3.19. The molecular formula is C15H26N2S.